The standard InChI is InChI=1S/C32H30FN5O6S/c33-22-2-7-26(8-3-22)44-30-14-6-24(20-35-30)36-31(39)21-1-13-29(34-19-21)32(40)38-17-15-27(16-18-38)43-25-9-4-23(5-10-25)37-45(41,42)28-11-12-28/h1-10,13-14,19-20,27-28,37H,11-12,15-18H2,(H,36,39). The van der Waals surface area contributed by atoms with Gasteiger partial charge in [0.25, 0.3) is 11.8 Å². The molecule has 2 amide bonds. The topological polar surface area (TPSA) is 140 Å². The van der Waals surface area contributed by atoms with Gasteiger partial charge in [-0.05, 0) is 79.6 Å². The molecule has 6 rings (SSSR count). The molecule has 1 aliphatic carbocycles. The van der Waals surface area contributed by atoms with E-state index >= 15 is 0 Å². The average Bonchev–Trinajstić information content (AvgIpc) is 3.91. The van der Waals surface area contributed by atoms with E-state index < -0.39 is 15.9 Å². The van der Waals surface area contributed by atoms with Crippen LogP contribution in [0.1, 0.15) is 46.5 Å². The molecule has 2 N–H and O–H groups in total. The van der Waals surface area contributed by atoms with E-state index in [-0.39, 0.29) is 40.2 Å². The lowest BCUT2D eigenvalue weighted by Gasteiger charge is -2.32. The van der Waals surface area contributed by atoms with E-state index in [0.29, 0.717) is 61.6 Å². The quantitative estimate of drug-likeness (QED) is 0.242. The van der Waals surface area contributed by atoms with Crippen molar-refractivity contribution in [3.63, 3.8) is 0 Å². The largest absolute Gasteiger partial charge is 0.490 e. The summed E-state index contributed by atoms with van der Waals surface area (Å²) in [7, 11) is -3.31. The van der Waals surface area contributed by atoms with E-state index in [9.17, 15) is 22.4 Å². The second-order valence-corrected chi connectivity index (χ2v) is 12.8. The van der Waals surface area contributed by atoms with Crippen LogP contribution in [-0.4, -0.2) is 59.5 Å². The second-order valence-electron chi connectivity index (χ2n) is 10.8. The minimum Gasteiger partial charge on any atom is -0.490 e. The Labute approximate surface area is 259 Å². The van der Waals surface area contributed by atoms with Crippen molar-refractivity contribution in [3.8, 4) is 17.4 Å². The number of likely N-dealkylation sites (tertiary alicyclic amines) is 1. The van der Waals surface area contributed by atoms with E-state index in [1.165, 1.54) is 42.7 Å². The lowest BCUT2D eigenvalue weighted by atomic mass is 10.1. The number of rotatable bonds is 10. The molecule has 3 heterocycles. The Morgan fingerprint density at radius 3 is 2.11 bits per heavy atom. The highest BCUT2D eigenvalue weighted by atomic mass is 32.2. The molecule has 1 aliphatic heterocycles. The molecule has 4 aromatic rings. The van der Waals surface area contributed by atoms with Gasteiger partial charge in [-0.2, -0.15) is 0 Å². The second kappa shape index (κ2) is 12.9. The number of halogens is 1. The van der Waals surface area contributed by atoms with Gasteiger partial charge in [0.2, 0.25) is 15.9 Å². The number of nitrogens with one attached hydrogen (secondary N) is 2. The number of piperidine rings is 1. The zero-order chi connectivity index (χ0) is 31.4. The van der Waals surface area contributed by atoms with Gasteiger partial charge in [0.15, 0.2) is 0 Å². The summed E-state index contributed by atoms with van der Waals surface area (Å²) in [6, 6.07) is 18.6. The number of anilines is 2. The molecule has 232 valence electrons. The zero-order valence-electron chi connectivity index (χ0n) is 24.1. The van der Waals surface area contributed by atoms with E-state index in [1.54, 1.807) is 47.4 Å². The van der Waals surface area contributed by atoms with Crippen LogP contribution in [0.4, 0.5) is 15.8 Å². The third kappa shape index (κ3) is 7.73. The molecule has 2 fully saturated rings. The van der Waals surface area contributed by atoms with E-state index in [4.69, 9.17) is 9.47 Å². The minimum absolute atomic E-state index is 0.0832. The van der Waals surface area contributed by atoms with Crippen LogP contribution in [0.15, 0.2) is 85.2 Å². The average molecular weight is 632 g/mol. The molecule has 2 aromatic carbocycles. The summed E-state index contributed by atoms with van der Waals surface area (Å²) in [6.45, 7) is 0.973. The molecule has 45 heavy (non-hydrogen) atoms. The van der Waals surface area contributed by atoms with Gasteiger partial charge in [0.1, 0.15) is 29.1 Å². The van der Waals surface area contributed by atoms with Crippen molar-refractivity contribution < 1.29 is 31.9 Å². The third-order valence-corrected chi connectivity index (χ3v) is 9.25. The number of amides is 2. The van der Waals surface area contributed by atoms with Crippen LogP contribution in [0, 0.1) is 5.82 Å². The number of ether oxygens (including phenoxy) is 2. The summed E-state index contributed by atoms with van der Waals surface area (Å²) in [4.78, 5) is 35.8. The summed E-state index contributed by atoms with van der Waals surface area (Å²) < 4.78 is 51.5. The fourth-order valence-corrected chi connectivity index (χ4v) is 6.14. The van der Waals surface area contributed by atoms with Gasteiger partial charge in [-0.15, -0.1) is 0 Å². The number of sulfonamides is 1. The smallest absolute Gasteiger partial charge is 0.272 e. The Hall–Kier alpha value is -5.04. The molecule has 13 heteroatoms. The Balaban J connectivity index is 0.958. The van der Waals surface area contributed by atoms with Crippen molar-refractivity contribution in [3.05, 3.63) is 102 Å². The molecule has 0 bridgehead atoms. The van der Waals surface area contributed by atoms with E-state index in [1.807, 2.05) is 0 Å². The SMILES string of the molecule is O=C(Nc1ccc(Oc2ccc(F)cc2)nc1)c1ccc(C(=O)N2CCC(Oc3ccc(NS(=O)(=O)C4CC4)cc3)CC2)nc1. The fraction of sp³-hybridized carbons (Fsp3) is 0.250. The number of pyridine rings is 2. The van der Waals surface area contributed by atoms with Crippen LogP contribution in [-0.2, 0) is 10.0 Å². The number of nitrogens with zero attached hydrogens (tertiary/aromatic N) is 3. The summed E-state index contributed by atoms with van der Waals surface area (Å²) in [5.41, 5.74) is 1.45. The third-order valence-electron chi connectivity index (χ3n) is 7.38. The number of carbonyl (C=O) groups excluding carboxylic acids is 2. The van der Waals surface area contributed by atoms with Crippen molar-refractivity contribution >= 4 is 33.2 Å². The maximum absolute atomic E-state index is 13.1. The van der Waals surface area contributed by atoms with E-state index in [0.717, 1.165) is 0 Å². The highest BCUT2D eigenvalue weighted by Crippen LogP contribution is 2.30. The number of benzene rings is 2. The highest BCUT2D eigenvalue weighted by Gasteiger charge is 2.35. The number of hydrogen-bond donors (Lipinski definition) is 2. The monoisotopic (exact) mass is 631 g/mol. The first kappa shape index (κ1) is 30.0. The molecule has 0 radical (unpaired) electrons. The molecule has 11 nitrogen and oxygen atoms in total. The van der Waals surface area contributed by atoms with Gasteiger partial charge in [-0.3, -0.25) is 19.3 Å². The predicted molar refractivity (Wildman–Crippen MR) is 164 cm³/mol. The van der Waals surface area contributed by atoms with E-state index in [2.05, 4.69) is 20.0 Å². The molecule has 0 atom stereocenters. The summed E-state index contributed by atoms with van der Waals surface area (Å²) >= 11 is 0. The molecule has 2 aromatic heterocycles. The van der Waals surface area contributed by atoms with Gasteiger partial charge >= 0.3 is 0 Å². The van der Waals surface area contributed by atoms with Crippen molar-refractivity contribution in [1.29, 1.82) is 0 Å². The van der Waals surface area contributed by atoms with Crippen LogP contribution in [0.2, 0.25) is 0 Å². The molecule has 0 spiro atoms. The number of aromatic nitrogens is 2. The molecule has 1 saturated carbocycles. The lowest BCUT2D eigenvalue weighted by Crippen LogP contribution is -2.42. The van der Waals surface area contributed by atoms with Crippen LogP contribution < -0.4 is 19.5 Å². The van der Waals surface area contributed by atoms with Crippen LogP contribution in [0.3, 0.4) is 0 Å². The Bertz CT molecular complexity index is 1760. The molecule has 1 saturated heterocycles. The van der Waals surface area contributed by atoms with Crippen LogP contribution >= 0.6 is 0 Å². The Morgan fingerprint density at radius 2 is 1.49 bits per heavy atom. The van der Waals surface area contributed by atoms with Crippen molar-refractivity contribution in [2.45, 2.75) is 37.0 Å². The fourth-order valence-electron chi connectivity index (χ4n) is 4.75. The van der Waals surface area contributed by atoms with Crippen molar-refractivity contribution in [2.75, 3.05) is 23.1 Å². The van der Waals surface area contributed by atoms with Crippen LogP contribution in [0.5, 0.6) is 17.4 Å². The maximum atomic E-state index is 13.1. The lowest BCUT2D eigenvalue weighted by molar-refractivity contribution is 0.0590. The number of carbonyl (C=O) groups is 2. The Morgan fingerprint density at radius 1 is 0.800 bits per heavy atom. The first-order valence-corrected chi connectivity index (χ1v) is 16.0. The normalized spacial score (nSPS) is 15.3. The van der Waals surface area contributed by atoms with Crippen molar-refractivity contribution in [2.24, 2.45) is 0 Å². The van der Waals surface area contributed by atoms with Gasteiger partial charge in [-0.1, -0.05) is 0 Å². The maximum Gasteiger partial charge on any atom is 0.272 e. The molecule has 2 aliphatic rings. The molecular weight excluding hydrogens is 601 g/mol. The van der Waals surface area contributed by atoms with Crippen LogP contribution in [0.25, 0.3) is 0 Å². The van der Waals surface area contributed by atoms with Gasteiger partial charge in [0, 0.05) is 43.9 Å². The summed E-state index contributed by atoms with van der Waals surface area (Å²) in [5.74, 6) is 0.334. The Kier molecular flexibility index (Phi) is 8.60. The summed E-state index contributed by atoms with van der Waals surface area (Å²) in [5, 5.41) is 2.43. The minimum atomic E-state index is -3.31. The predicted octanol–water partition coefficient (Wildman–Crippen LogP) is 5.25. The van der Waals surface area contributed by atoms with Gasteiger partial charge < -0.3 is 19.7 Å². The molecule has 0 unspecified atom stereocenters. The van der Waals surface area contributed by atoms with Gasteiger partial charge in [-0.25, -0.2) is 17.8 Å². The first-order chi connectivity index (χ1) is 21.7. The van der Waals surface area contributed by atoms with Gasteiger partial charge in [0.05, 0.1) is 22.7 Å². The highest BCUT2D eigenvalue weighted by molar-refractivity contribution is 7.93. The zero-order valence-corrected chi connectivity index (χ0v) is 24.9. The molecular formula is C32H30FN5O6S. The summed E-state index contributed by atoms with van der Waals surface area (Å²) in [6.07, 6.45) is 5.36. The first-order valence-electron chi connectivity index (χ1n) is 14.5. The number of hydrogen-bond acceptors (Lipinski definition) is 8. The van der Waals surface area contributed by atoms with Crippen molar-refractivity contribution in [1.82, 2.24) is 14.9 Å².